The fraction of sp³-hybridized carbons (Fsp3) is 0.667. The van der Waals surface area contributed by atoms with Gasteiger partial charge in [0.1, 0.15) is 36.9 Å². The third-order valence-corrected chi connectivity index (χ3v) is 10.1. The van der Waals surface area contributed by atoms with Crippen molar-refractivity contribution in [2.75, 3.05) is 39.4 Å². The number of aliphatic hydroxyl groups excluding tert-OH is 2. The molecule has 0 radical (unpaired) electrons. The van der Waals surface area contributed by atoms with E-state index in [0.717, 1.165) is 62.1 Å². The molecule has 0 amide bonds. The molecular weight excluding hydrogens is 524 g/mol. The standard InChI is InChI=1S/C36H54N2O4/c1-3-5-15-37-22-31(39)24-41-33-11-7-29(8-12-33)35-18-27-17-28(19-35)21-36(20-27,26-35)30-9-13-34(14-10-30)42-25-32(40)23-38-16-6-4-2/h7-14,27-28,31-32,37-40H,3-6,15-26H2,1-2H3. The molecule has 4 saturated carbocycles. The van der Waals surface area contributed by atoms with Gasteiger partial charge in [0.2, 0.25) is 0 Å². The van der Waals surface area contributed by atoms with Crippen molar-refractivity contribution < 1.29 is 19.7 Å². The second-order valence-electron chi connectivity index (χ2n) is 13.6. The summed E-state index contributed by atoms with van der Waals surface area (Å²) in [5.74, 6) is 3.24. The van der Waals surface area contributed by atoms with E-state index in [1.807, 2.05) is 0 Å². The van der Waals surface area contributed by atoms with Crippen LogP contribution >= 0.6 is 0 Å². The van der Waals surface area contributed by atoms with Gasteiger partial charge < -0.3 is 30.3 Å². The summed E-state index contributed by atoms with van der Waals surface area (Å²) in [5, 5.41) is 27.1. The molecule has 2 aromatic rings. The van der Waals surface area contributed by atoms with E-state index in [4.69, 9.17) is 9.47 Å². The predicted molar refractivity (Wildman–Crippen MR) is 169 cm³/mol. The SMILES string of the molecule is CCCCNCC(O)COc1ccc(C23CC4CC(C2)CC(c2ccc(OCC(O)CNCCCC)cc2)(C4)C3)cc1. The van der Waals surface area contributed by atoms with Crippen LogP contribution in [0.5, 0.6) is 11.5 Å². The number of nitrogens with one attached hydrogen (secondary N) is 2. The second-order valence-corrected chi connectivity index (χ2v) is 13.6. The van der Waals surface area contributed by atoms with Crippen LogP contribution in [0.2, 0.25) is 0 Å². The number of benzene rings is 2. The van der Waals surface area contributed by atoms with Crippen LogP contribution in [-0.4, -0.2) is 61.8 Å². The monoisotopic (exact) mass is 578 g/mol. The van der Waals surface area contributed by atoms with E-state index in [1.165, 1.54) is 49.7 Å². The molecule has 0 saturated heterocycles. The molecule has 6 heteroatoms. The summed E-state index contributed by atoms with van der Waals surface area (Å²) in [7, 11) is 0. The molecule has 0 spiro atoms. The van der Waals surface area contributed by atoms with Gasteiger partial charge in [-0.05, 0) is 123 Å². The summed E-state index contributed by atoms with van der Waals surface area (Å²) >= 11 is 0. The van der Waals surface area contributed by atoms with Crippen LogP contribution in [0.1, 0.15) is 89.2 Å². The number of hydrogen-bond donors (Lipinski definition) is 4. The topological polar surface area (TPSA) is 83.0 Å². The largest absolute Gasteiger partial charge is 0.491 e. The Hall–Kier alpha value is -2.12. The highest BCUT2D eigenvalue weighted by molar-refractivity contribution is 5.41. The van der Waals surface area contributed by atoms with Crippen LogP contribution < -0.4 is 20.1 Å². The fourth-order valence-electron chi connectivity index (χ4n) is 8.39. The Bertz CT molecular complexity index is 991. The lowest BCUT2D eigenvalue weighted by Crippen LogP contribution is -2.55. The first-order valence-electron chi connectivity index (χ1n) is 16.7. The lowest BCUT2D eigenvalue weighted by molar-refractivity contribution is -0.0281. The van der Waals surface area contributed by atoms with Crippen LogP contribution in [0.15, 0.2) is 48.5 Å². The zero-order valence-electron chi connectivity index (χ0n) is 26.0. The van der Waals surface area contributed by atoms with Crippen LogP contribution in [0.25, 0.3) is 0 Å². The summed E-state index contributed by atoms with van der Waals surface area (Å²) in [6, 6.07) is 17.6. The molecule has 2 aromatic carbocycles. The quantitative estimate of drug-likeness (QED) is 0.169. The van der Waals surface area contributed by atoms with Crippen molar-refractivity contribution in [3.05, 3.63) is 59.7 Å². The average Bonchev–Trinajstić information content (AvgIpc) is 2.99. The maximum atomic E-state index is 10.3. The first-order valence-corrected chi connectivity index (χ1v) is 16.7. The maximum Gasteiger partial charge on any atom is 0.119 e. The number of hydrogen-bond acceptors (Lipinski definition) is 6. The molecule has 2 unspecified atom stereocenters. The molecular formula is C36H54N2O4. The highest BCUT2D eigenvalue weighted by atomic mass is 16.5. The van der Waals surface area contributed by atoms with Crippen LogP contribution in [0, 0.1) is 11.8 Å². The molecule has 4 aliphatic carbocycles. The molecule has 0 aliphatic heterocycles. The minimum absolute atomic E-state index is 0.232. The predicted octanol–water partition coefficient (Wildman–Crippen LogP) is 5.74. The van der Waals surface area contributed by atoms with Crippen LogP contribution in [0.3, 0.4) is 0 Å². The van der Waals surface area contributed by atoms with Gasteiger partial charge in [0, 0.05) is 13.1 Å². The second kappa shape index (κ2) is 14.6. The minimum Gasteiger partial charge on any atom is -0.491 e. The van der Waals surface area contributed by atoms with E-state index in [0.29, 0.717) is 26.3 Å². The summed E-state index contributed by atoms with van der Waals surface area (Å²) in [5.41, 5.74) is 3.37. The summed E-state index contributed by atoms with van der Waals surface area (Å²) in [6.07, 6.45) is 11.3. The minimum atomic E-state index is -0.501. The van der Waals surface area contributed by atoms with E-state index in [1.54, 1.807) is 0 Å². The Balaban J connectivity index is 1.18. The Morgan fingerprint density at radius 2 is 1.10 bits per heavy atom. The van der Waals surface area contributed by atoms with Crippen molar-refractivity contribution in [2.24, 2.45) is 11.8 Å². The van der Waals surface area contributed by atoms with Crippen molar-refractivity contribution in [3.63, 3.8) is 0 Å². The molecule has 6 rings (SSSR count). The van der Waals surface area contributed by atoms with E-state index < -0.39 is 12.2 Å². The number of rotatable bonds is 18. The van der Waals surface area contributed by atoms with Gasteiger partial charge in [-0.15, -0.1) is 0 Å². The molecule has 0 aromatic heterocycles. The Labute approximate surface area is 253 Å². The Morgan fingerprint density at radius 3 is 1.48 bits per heavy atom. The van der Waals surface area contributed by atoms with Crippen molar-refractivity contribution in [1.29, 1.82) is 0 Å². The van der Waals surface area contributed by atoms with Gasteiger partial charge in [0.25, 0.3) is 0 Å². The first kappa shape index (κ1) is 31.3. The first-order chi connectivity index (χ1) is 20.4. The Morgan fingerprint density at radius 1 is 0.690 bits per heavy atom. The molecule has 42 heavy (non-hydrogen) atoms. The highest BCUT2D eigenvalue weighted by Crippen LogP contribution is 2.66. The molecule has 4 fully saturated rings. The Kier molecular flexibility index (Phi) is 10.9. The van der Waals surface area contributed by atoms with Gasteiger partial charge in [-0.3, -0.25) is 0 Å². The van der Waals surface area contributed by atoms with Gasteiger partial charge in [-0.2, -0.15) is 0 Å². The van der Waals surface area contributed by atoms with E-state index in [2.05, 4.69) is 73.0 Å². The summed E-state index contributed by atoms with van der Waals surface area (Å²) in [6.45, 7) is 7.97. The summed E-state index contributed by atoms with van der Waals surface area (Å²) < 4.78 is 11.9. The van der Waals surface area contributed by atoms with Crippen molar-refractivity contribution in [1.82, 2.24) is 10.6 Å². The molecule has 4 aliphatic rings. The highest BCUT2D eigenvalue weighted by Gasteiger charge is 2.58. The van der Waals surface area contributed by atoms with Gasteiger partial charge >= 0.3 is 0 Å². The van der Waals surface area contributed by atoms with E-state index in [9.17, 15) is 10.2 Å². The third kappa shape index (κ3) is 7.68. The lowest BCUT2D eigenvalue weighted by atomic mass is 9.42. The molecule has 4 bridgehead atoms. The molecule has 2 atom stereocenters. The van der Waals surface area contributed by atoms with E-state index >= 15 is 0 Å². The fourth-order valence-corrected chi connectivity index (χ4v) is 8.39. The normalized spacial score (nSPS) is 27.6. The van der Waals surface area contributed by atoms with Gasteiger partial charge in [0.15, 0.2) is 0 Å². The molecule has 232 valence electrons. The summed E-state index contributed by atoms with van der Waals surface area (Å²) in [4.78, 5) is 0. The molecule has 4 N–H and O–H groups in total. The van der Waals surface area contributed by atoms with E-state index in [-0.39, 0.29) is 10.8 Å². The van der Waals surface area contributed by atoms with Gasteiger partial charge in [-0.1, -0.05) is 51.0 Å². The molecule has 6 nitrogen and oxygen atoms in total. The van der Waals surface area contributed by atoms with Crippen molar-refractivity contribution in [2.45, 2.75) is 101 Å². The maximum absolute atomic E-state index is 10.3. The van der Waals surface area contributed by atoms with Crippen molar-refractivity contribution in [3.8, 4) is 11.5 Å². The van der Waals surface area contributed by atoms with Crippen LogP contribution in [0.4, 0.5) is 0 Å². The average molecular weight is 579 g/mol. The van der Waals surface area contributed by atoms with Gasteiger partial charge in [0.05, 0.1) is 0 Å². The zero-order valence-corrected chi connectivity index (χ0v) is 26.0. The number of unbranched alkanes of at least 4 members (excludes halogenated alkanes) is 2. The van der Waals surface area contributed by atoms with Crippen LogP contribution in [-0.2, 0) is 10.8 Å². The lowest BCUT2D eigenvalue weighted by Gasteiger charge is -2.62. The molecule has 0 heterocycles. The third-order valence-electron chi connectivity index (χ3n) is 10.1. The smallest absolute Gasteiger partial charge is 0.119 e. The number of ether oxygens (including phenoxy) is 2. The van der Waals surface area contributed by atoms with Gasteiger partial charge in [-0.25, -0.2) is 0 Å². The zero-order chi connectivity index (χ0) is 29.4. The van der Waals surface area contributed by atoms with Crippen molar-refractivity contribution >= 4 is 0 Å². The number of aliphatic hydroxyl groups is 2.